The summed E-state index contributed by atoms with van der Waals surface area (Å²) in [5.41, 5.74) is 2.15. The van der Waals surface area contributed by atoms with Crippen molar-refractivity contribution in [1.82, 2.24) is 0 Å². The summed E-state index contributed by atoms with van der Waals surface area (Å²) in [6, 6.07) is 3.72. The summed E-state index contributed by atoms with van der Waals surface area (Å²) in [6.45, 7) is 13.5. The molecule has 0 atom stereocenters. The maximum atomic E-state index is 11.1. The fraction of sp³-hybridized carbons (Fsp3) is 0.529. The minimum Gasteiger partial charge on any atom is -0.507 e. The molecule has 0 saturated carbocycles. The lowest BCUT2D eigenvalue weighted by Gasteiger charge is -2.26. The quantitative estimate of drug-likeness (QED) is 0.777. The highest BCUT2D eigenvalue weighted by molar-refractivity contribution is 5.82. The number of carboxylic acids is 1. The smallest absolute Gasteiger partial charge is 0.300 e. The number of aldehydes is 1. The second-order valence-electron chi connectivity index (χ2n) is 7.09. The van der Waals surface area contributed by atoms with Gasteiger partial charge < -0.3 is 15.7 Å². The lowest BCUT2D eigenvalue weighted by Crippen LogP contribution is -2.18. The molecule has 22 heavy (non-hydrogen) atoms. The molecule has 0 aliphatic rings. The van der Waals surface area contributed by atoms with Crippen molar-refractivity contribution in [3.05, 3.63) is 28.8 Å². The average molecular weight is 312 g/mol. The van der Waals surface area contributed by atoms with E-state index in [-0.39, 0.29) is 22.1 Å². The summed E-state index contributed by atoms with van der Waals surface area (Å²) in [5.74, 6) is -0.752. The van der Waals surface area contributed by atoms with E-state index in [1.54, 1.807) is 6.07 Å². The number of carbonyl (C=O) groups is 2. The average Bonchev–Trinajstić information content (AvgIpc) is 2.24. The Labute approximate surface area is 132 Å². The molecule has 4 N–H and O–H groups in total. The number of benzene rings is 1. The van der Waals surface area contributed by atoms with Crippen LogP contribution in [0.5, 0.6) is 5.75 Å². The molecule has 1 aromatic rings. The van der Waals surface area contributed by atoms with Crippen LogP contribution in [0.3, 0.4) is 0 Å². The number of carboxylic acid groups (broad SMARTS) is 1. The predicted molar refractivity (Wildman–Crippen MR) is 87.8 cm³/mol. The molecule has 0 amide bonds. The largest absolute Gasteiger partial charge is 0.507 e. The molecule has 0 bridgehead atoms. The van der Waals surface area contributed by atoms with Crippen molar-refractivity contribution < 1.29 is 25.3 Å². The number of rotatable bonds is 1. The second kappa shape index (κ2) is 7.94. The molecule has 0 aliphatic carbocycles. The van der Waals surface area contributed by atoms with Gasteiger partial charge in [0, 0.05) is 6.92 Å². The Morgan fingerprint density at radius 2 is 1.45 bits per heavy atom. The van der Waals surface area contributed by atoms with Crippen LogP contribution in [0.15, 0.2) is 12.1 Å². The van der Waals surface area contributed by atoms with Crippen LogP contribution in [-0.4, -0.2) is 27.9 Å². The van der Waals surface area contributed by atoms with E-state index in [9.17, 15) is 9.90 Å². The molecule has 0 aliphatic heterocycles. The number of hydrogen-bond donors (Lipinski definition) is 2. The third-order valence-corrected chi connectivity index (χ3v) is 2.95. The zero-order valence-corrected chi connectivity index (χ0v) is 14.4. The van der Waals surface area contributed by atoms with Gasteiger partial charge in [-0.3, -0.25) is 9.59 Å². The summed E-state index contributed by atoms with van der Waals surface area (Å²) < 4.78 is 0. The number of carbonyl (C=O) groups excluding carboxylic acids is 1. The van der Waals surface area contributed by atoms with Crippen LogP contribution in [-0.2, 0) is 15.6 Å². The van der Waals surface area contributed by atoms with Gasteiger partial charge in [0.15, 0.2) is 6.29 Å². The van der Waals surface area contributed by atoms with E-state index < -0.39 is 5.97 Å². The first-order valence-electron chi connectivity index (χ1n) is 6.83. The second-order valence-corrected chi connectivity index (χ2v) is 7.09. The highest BCUT2D eigenvalue weighted by atomic mass is 16.4. The van der Waals surface area contributed by atoms with E-state index in [0.717, 1.165) is 24.3 Å². The van der Waals surface area contributed by atoms with Gasteiger partial charge in [-0.15, -0.1) is 0 Å². The first kappa shape index (κ1) is 22.4. The third-order valence-electron chi connectivity index (χ3n) is 2.95. The molecule has 0 aromatic heterocycles. The minimum absolute atomic E-state index is 0. The van der Waals surface area contributed by atoms with Crippen molar-refractivity contribution in [2.75, 3.05) is 0 Å². The van der Waals surface area contributed by atoms with Crippen LogP contribution < -0.4 is 0 Å². The van der Waals surface area contributed by atoms with E-state index in [2.05, 4.69) is 20.8 Å². The highest BCUT2D eigenvalue weighted by Crippen LogP contribution is 2.35. The van der Waals surface area contributed by atoms with Gasteiger partial charge in [-0.1, -0.05) is 47.6 Å². The maximum Gasteiger partial charge on any atom is 0.300 e. The van der Waals surface area contributed by atoms with Gasteiger partial charge in [0.1, 0.15) is 5.75 Å². The number of hydrogen-bond acceptors (Lipinski definition) is 3. The predicted octanol–water partition coefficient (Wildman–Crippen LogP) is 3.07. The molecule has 0 fully saturated rings. The summed E-state index contributed by atoms with van der Waals surface area (Å²) in [4.78, 5) is 20.1. The maximum absolute atomic E-state index is 11.1. The van der Waals surface area contributed by atoms with E-state index in [4.69, 9.17) is 9.90 Å². The van der Waals surface area contributed by atoms with Crippen LogP contribution in [0.2, 0.25) is 0 Å². The van der Waals surface area contributed by atoms with Crippen LogP contribution in [0, 0.1) is 0 Å². The Morgan fingerprint density at radius 3 is 1.73 bits per heavy atom. The van der Waals surface area contributed by atoms with E-state index in [0.29, 0.717) is 5.56 Å². The first-order valence-corrected chi connectivity index (χ1v) is 6.83. The molecule has 0 radical (unpaired) electrons. The van der Waals surface area contributed by atoms with Gasteiger partial charge in [0.05, 0.1) is 5.56 Å². The summed E-state index contributed by atoms with van der Waals surface area (Å²) >= 11 is 0. The molecular weight excluding hydrogens is 284 g/mol. The first-order chi connectivity index (χ1) is 9.30. The van der Waals surface area contributed by atoms with E-state index >= 15 is 0 Å². The topological polar surface area (TPSA) is 106 Å². The van der Waals surface area contributed by atoms with Gasteiger partial charge in [0.2, 0.25) is 0 Å². The van der Waals surface area contributed by atoms with Gasteiger partial charge in [-0.25, -0.2) is 0 Å². The van der Waals surface area contributed by atoms with Crippen LogP contribution >= 0.6 is 0 Å². The van der Waals surface area contributed by atoms with Crippen LogP contribution in [0.4, 0.5) is 0 Å². The summed E-state index contributed by atoms with van der Waals surface area (Å²) in [6.07, 6.45) is 0.738. The van der Waals surface area contributed by atoms with Gasteiger partial charge in [-0.05, 0) is 28.0 Å². The normalized spacial score (nSPS) is 10.9. The highest BCUT2D eigenvalue weighted by Gasteiger charge is 2.24. The summed E-state index contributed by atoms with van der Waals surface area (Å²) in [7, 11) is 0. The molecule has 126 valence electrons. The SMILES string of the molecule is CC(=O)O.CC(C)(C)c1cc(O)c(C=O)c(C(C)(C)C)c1.O. The lowest BCUT2D eigenvalue weighted by atomic mass is 9.78. The fourth-order valence-electron chi connectivity index (χ4n) is 1.82. The van der Waals surface area contributed by atoms with Gasteiger partial charge in [-0.2, -0.15) is 0 Å². The number of phenolic OH excluding ortho intramolecular Hbond substituents is 1. The molecule has 1 aromatic carbocycles. The Hall–Kier alpha value is -1.88. The third kappa shape index (κ3) is 6.72. The monoisotopic (exact) mass is 312 g/mol. The van der Waals surface area contributed by atoms with E-state index in [1.165, 1.54) is 0 Å². The van der Waals surface area contributed by atoms with Crippen LogP contribution in [0.1, 0.15) is 70.0 Å². The standard InChI is InChI=1S/C15H22O2.C2H4O2.H2O/c1-14(2,3)10-7-12(15(4,5)6)11(9-16)13(17)8-10;1-2(3)4;/h7-9,17H,1-6H3;1H3,(H,3,4);1H2. The van der Waals surface area contributed by atoms with Gasteiger partial charge in [0.25, 0.3) is 5.97 Å². The van der Waals surface area contributed by atoms with Crippen molar-refractivity contribution in [2.45, 2.75) is 59.3 Å². The van der Waals surface area contributed by atoms with Crippen molar-refractivity contribution in [3.8, 4) is 5.75 Å². The Morgan fingerprint density at radius 1 is 1.05 bits per heavy atom. The number of phenols is 1. The summed E-state index contributed by atoms with van der Waals surface area (Å²) in [5, 5.41) is 17.4. The zero-order chi connectivity index (χ0) is 17.0. The van der Waals surface area contributed by atoms with Crippen LogP contribution in [0.25, 0.3) is 0 Å². The molecule has 5 heteroatoms. The Bertz CT molecular complexity index is 515. The minimum atomic E-state index is -0.833. The number of aliphatic carboxylic acids is 1. The lowest BCUT2D eigenvalue weighted by molar-refractivity contribution is -0.134. The molecule has 1 rings (SSSR count). The molecule has 0 saturated heterocycles. The molecule has 0 unspecified atom stereocenters. The number of aromatic hydroxyl groups is 1. The van der Waals surface area contributed by atoms with Crippen molar-refractivity contribution in [2.24, 2.45) is 0 Å². The molecule has 0 spiro atoms. The van der Waals surface area contributed by atoms with Crippen molar-refractivity contribution in [3.63, 3.8) is 0 Å². The Kier molecular flexibility index (Phi) is 8.08. The Balaban J connectivity index is 0. The van der Waals surface area contributed by atoms with Crippen molar-refractivity contribution >= 4 is 12.3 Å². The van der Waals surface area contributed by atoms with Crippen molar-refractivity contribution in [1.29, 1.82) is 0 Å². The molecule has 0 heterocycles. The zero-order valence-electron chi connectivity index (χ0n) is 14.4. The van der Waals surface area contributed by atoms with E-state index in [1.807, 2.05) is 26.8 Å². The van der Waals surface area contributed by atoms with Gasteiger partial charge >= 0.3 is 0 Å². The molecular formula is C17H28O5. The fourth-order valence-corrected chi connectivity index (χ4v) is 1.82. The molecule has 5 nitrogen and oxygen atoms in total.